The second-order valence-corrected chi connectivity index (χ2v) is 7.93. The Balaban J connectivity index is 1.69. The molecular formula is C18H18N4O3S. The number of aromatic nitrogens is 1. The van der Waals surface area contributed by atoms with E-state index >= 15 is 0 Å². The van der Waals surface area contributed by atoms with Crippen molar-refractivity contribution < 1.29 is 13.2 Å². The van der Waals surface area contributed by atoms with Gasteiger partial charge in [0.1, 0.15) is 5.69 Å². The minimum atomic E-state index is -3.64. The zero-order chi connectivity index (χ0) is 18.7. The maximum atomic E-state index is 12.7. The maximum absolute atomic E-state index is 12.7. The van der Waals surface area contributed by atoms with Crippen molar-refractivity contribution in [3.05, 3.63) is 59.4 Å². The summed E-state index contributed by atoms with van der Waals surface area (Å²) in [7, 11) is -3.64. The largest absolute Gasteiger partial charge is 0.335 e. The number of hydrogen-bond acceptors (Lipinski definition) is 5. The first-order chi connectivity index (χ1) is 12.4. The van der Waals surface area contributed by atoms with Crippen molar-refractivity contribution in [2.45, 2.75) is 11.8 Å². The molecule has 1 aromatic carbocycles. The summed E-state index contributed by atoms with van der Waals surface area (Å²) >= 11 is 0. The third-order valence-corrected chi connectivity index (χ3v) is 6.17. The fourth-order valence-electron chi connectivity index (χ4n) is 2.81. The minimum absolute atomic E-state index is 0.150. The number of rotatable bonds is 3. The van der Waals surface area contributed by atoms with Crippen molar-refractivity contribution >= 4 is 15.9 Å². The first-order valence-electron chi connectivity index (χ1n) is 8.15. The summed E-state index contributed by atoms with van der Waals surface area (Å²) in [4.78, 5) is 18.5. The molecule has 1 saturated heterocycles. The SMILES string of the molecule is Cc1cccc(C(=O)N2CCN(S(=O)(=O)c3ccc(C#N)cc3)CC2)n1. The molecule has 1 aliphatic heterocycles. The summed E-state index contributed by atoms with van der Waals surface area (Å²) in [5.74, 6) is -0.191. The summed E-state index contributed by atoms with van der Waals surface area (Å²) in [5.41, 5.74) is 1.54. The highest BCUT2D eigenvalue weighted by atomic mass is 32.2. The molecule has 0 radical (unpaired) electrons. The van der Waals surface area contributed by atoms with Crippen LogP contribution >= 0.6 is 0 Å². The molecule has 0 saturated carbocycles. The summed E-state index contributed by atoms with van der Waals surface area (Å²) in [6.07, 6.45) is 0. The van der Waals surface area contributed by atoms with Crippen LogP contribution in [-0.4, -0.2) is 54.7 Å². The third-order valence-electron chi connectivity index (χ3n) is 4.25. The molecule has 134 valence electrons. The van der Waals surface area contributed by atoms with Crippen molar-refractivity contribution in [1.82, 2.24) is 14.2 Å². The monoisotopic (exact) mass is 370 g/mol. The van der Waals surface area contributed by atoms with Crippen LogP contribution in [0.4, 0.5) is 0 Å². The molecule has 2 heterocycles. The maximum Gasteiger partial charge on any atom is 0.272 e. The fraction of sp³-hybridized carbons (Fsp3) is 0.278. The van der Waals surface area contributed by atoms with Crippen LogP contribution in [0.3, 0.4) is 0 Å². The number of benzene rings is 1. The quantitative estimate of drug-likeness (QED) is 0.814. The summed E-state index contributed by atoms with van der Waals surface area (Å²) < 4.78 is 26.8. The van der Waals surface area contributed by atoms with Crippen molar-refractivity contribution in [3.63, 3.8) is 0 Å². The van der Waals surface area contributed by atoms with Crippen LogP contribution in [-0.2, 0) is 10.0 Å². The number of sulfonamides is 1. The Kier molecular flexibility index (Phi) is 5.02. The molecule has 0 aliphatic carbocycles. The molecule has 8 heteroatoms. The predicted molar refractivity (Wildman–Crippen MR) is 94.8 cm³/mol. The van der Waals surface area contributed by atoms with Crippen LogP contribution in [0.5, 0.6) is 0 Å². The normalized spacial score (nSPS) is 15.5. The van der Waals surface area contributed by atoms with E-state index in [1.54, 1.807) is 17.0 Å². The lowest BCUT2D eigenvalue weighted by molar-refractivity contribution is 0.0691. The number of nitrogens with zero attached hydrogens (tertiary/aromatic N) is 4. The van der Waals surface area contributed by atoms with Gasteiger partial charge < -0.3 is 4.90 Å². The molecule has 0 atom stereocenters. The highest BCUT2D eigenvalue weighted by Crippen LogP contribution is 2.19. The lowest BCUT2D eigenvalue weighted by Crippen LogP contribution is -2.50. The lowest BCUT2D eigenvalue weighted by Gasteiger charge is -2.33. The fourth-order valence-corrected chi connectivity index (χ4v) is 4.23. The summed E-state index contributed by atoms with van der Waals surface area (Å²) in [6.45, 7) is 2.88. The second-order valence-electron chi connectivity index (χ2n) is 6.00. The molecule has 0 N–H and O–H groups in total. The number of pyridine rings is 1. The second kappa shape index (κ2) is 7.23. The van der Waals surface area contributed by atoms with Gasteiger partial charge in [-0.05, 0) is 43.3 Å². The molecule has 0 bridgehead atoms. The van der Waals surface area contributed by atoms with Gasteiger partial charge in [0.05, 0.1) is 16.5 Å². The Hall–Kier alpha value is -2.76. The lowest BCUT2D eigenvalue weighted by atomic mass is 10.2. The van der Waals surface area contributed by atoms with E-state index in [1.807, 2.05) is 19.1 Å². The minimum Gasteiger partial charge on any atom is -0.335 e. The van der Waals surface area contributed by atoms with Gasteiger partial charge in [-0.15, -0.1) is 0 Å². The Bertz CT molecular complexity index is 957. The molecule has 0 unspecified atom stereocenters. The third kappa shape index (κ3) is 3.59. The molecule has 1 fully saturated rings. The van der Waals surface area contributed by atoms with Crippen LogP contribution in [0.25, 0.3) is 0 Å². The number of carbonyl (C=O) groups excluding carboxylic acids is 1. The van der Waals surface area contributed by atoms with Crippen LogP contribution in [0, 0.1) is 18.3 Å². The molecule has 26 heavy (non-hydrogen) atoms. The topological polar surface area (TPSA) is 94.4 Å². The van der Waals surface area contributed by atoms with Crippen molar-refractivity contribution in [3.8, 4) is 6.07 Å². The highest BCUT2D eigenvalue weighted by molar-refractivity contribution is 7.89. The zero-order valence-corrected chi connectivity index (χ0v) is 15.1. The average molecular weight is 370 g/mol. The van der Waals surface area contributed by atoms with E-state index < -0.39 is 10.0 Å². The van der Waals surface area contributed by atoms with E-state index in [0.717, 1.165) is 5.69 Å². The van der Waals surface area contributed by atoms with Crippen molar-refractivity contribution in [1.29, 1.82) is 5.26 Å². The van der Waals surface area contributed by atoms with E-state index in [9.17, 15) is 13.2 Å². The summed E-state index contributed by atoms with van der Waals surface area (Å²) in [5, 5.41) is 8.82. The van der Waals surface area contributed by atoms with Gasteiger partial charge in [-0.3, -0.25) is 4.79 Å². The van der Waals surface area contributed by atoms with E-state index in [0.29, 0.717) is 24.3 Å². The zero-order valence-electron chi connectivity index (χ0n) is 14.3. The van der Waals surface area contributed by atoms with Crippen LogP contribution in [0.2, 0.25) is 0 Å². The predicted octanol–water partition coefficient (Wildman–Crippen LogP) is 1.41. The van der Waals surface area contributed by atoms with Gasteiger partial charge >= 0.3 is 0 Å². The first-order valence-corrected chi connectivity index (χ1v) is 9.59. The van der Waals surface area contributed by atoms with Crippen LogP contribution < -0.4 is 0 Å². The Morgan fingerprint density at radius 2 is 1.73 bits per heavy atom. The van der Waals surface area contributed by atoms with E-state index in [4.69, 9.17) is 5.26 Å². The van der Waals surface area contributed by atoms with Gasteiger partial charge in [0.2, 0.25) is 10.0 Å². The number of carbonyl (C=O) groups is 1. The molecule has 1 amide bonds. The van der Waals surface area contributed by atoms with Gasteiger partial charge in [-0.25, -0.2) is 13.4 Å². The number of nitriles is 1. The highest BCUT2D eigenvalue weighted by Gasteiger charge is 2.30. The Morgan fingerprint density at radius 3 is 2.31 bits per heavy atom. The standard InChI is InChI=1S/C18H18N4O3S/c1-14-3-2-4-17(20-14)18(23)21-9-11-22(12-10-21)26(24,25)16-7-5-15(13-19)6-8-16/h2-8H,9-12H2,1H3. The molecular weight excluding hydrogens is 352 g/mol. The Labute approximate surface area is 152 Å². The van der Waals surface area contributed by atoms with Crippen LogP contribution in [0.1, 0.15) is 21.7 Å². The summed E-state index contributed by atoms with van der Waals surface area (Å²) in [6, 6.07) is 13.1. The molecule has 7 nitrogen and oxygen atoms in total. The van der Waals surface area contributed by atoms with Gasteiger partial charge in [0.25, 0.3) is 5.91 Å². The molecule has 1 aliphatic rings. The number of amides is 1. The average Bonchev–Trinajstić information content (AvgIpc) is 2.67. The van der Waals surface area contributed by atoms with Gasteiger partial charge in [0, 0.05) is 31.9 Å². The number of piperazine rings is 1. The molecule has 1 aromatic heterocycles. The van der Waals surface area contributed by atoms with E-state index in [-0.39, 0.29) is 23.9 Å². The molecule has 3 rings (SSSR count). The molecule has 0 spiro atoms. The molecule has 2 aromatic rings. The Morgan fingerprint density at radius 1 is 1.08 bits per heavy atom. The first kappa shape index (κ1) is 18.0. The van der Waals surface area contributed by atoms with Gasteiger partial charge in [-0.2, -0.15) is 9.57 Å². The van der Waals surface area contributed by atoms with Crippen molar-refractivity contribution in [2.75, 3.05) is 26.2 Å². The van der Waals surface area contributed by atoms with Crippen LogP contribution in [0.15, 0.2) is 47.4 Å². The smallest absolute Gasteiger partial charge is 0.272 e. The van der Waals surface area contributed by atoms with Gasteiger partial charge in [0.15, 0.2) is 0 Å². The number of aryl methyl sites for hydroxylation is 1. The van der Waals surface area contributed by atoms with Crippen molar-refractivity contribution in [2.24, 2.45) is 0 Å². The van der Waals surface area contributed by atoms with E-state index in [1.165, 1.54) is 28.6 Å². The van der Waals surface area contributed by atoms with E-state index in [2.05, 4.69) is 4.98 Å². The number of hydrogen-bond donors (Lipinski definition) is 0. The van der Waals surface area contributed by atoms with Gasteiger partial charge in [-0.1, -0.05) is 6.07 Å².